The van der Waals surface area contributed by atoms with E-state index in [1.54, 1.807) is 18.2 Å². The van der Waals surface area contributed by atoms with Gasteiger partial charge < -0.3 is 9.47 Å². The van der Waals surface area contributed by atoms with Crippen LogP contribution in [0.25, 0.3) is 0 Å². The fourth-order valence-electron chi connectivity index (χ4n) is 1.48. The summed E-state index contributed by atoms with van der Waals surface area (Å²) in [5.41, 5.74) is 0.783. The zero-order chi connectivity index (χ0) is 14.5. The number of ether oxygens (including phenoxy) is 2. The number of methoxy groups -OCH3 is 1. The van der Waals surface area contributed by atoms with Crippen LogP contribution in [0.1, 0.15) is 16.8 Å². The van der Waals surface area contributed by atoms with E-state index in [9.17, 15) is 13.2 Å². The molecule has 0 aliphatic heterocycles. The Hall–Kier alpha value is -0.460. The molecule has 1 aromatic rings. The van der Waals surface area contributed by atoms with Crippen LogP contribution in [-0.2, 0) is 4.74 Å². The zero-order valence-corrected chi connectivity index (χ0v) is 12.5. The lowest BCUT2D eigenvalue weighted by Gasteiger charge is -2.15. The van der Waals surface area contributed by atoms with E-state index >= 15 is 0 Å². The third-order valence-electron chi connectivity index (χ3n) is 2.31. The van der Waals surface area contributed by atoms with Crippen molar-refractivity contribution in [3.8, 4) is 5.75 Å². The Kier molecular flexibility index (Phi) is 6.42. The maximum absolute atomic E-state index is 11.9. The molecule has 108 valence electrons. The second kappa shape index (κ2) is 7.36. The lowest BCUT2D eigenvalue weighted by Crippen LogP contribution is -2.17. The van der Waals surface area contributed by atoms with Gasteiger partial charge in [-0.3, -0.25) is 0 Å². The molecule has 1 atom stereocenters. The van der Waals surface area contributed by atoms with Crippen LogP contribution in [0, 0.1) is 0 Å². The van der Waals surface area contributed by atoms with Gasteiger partial charge in [0.1, 0.15) is 12.4 Å². The summed E-state index contributed by atoms with van der Waals surface area (Å²) in [6.07, 6.45) is -3.91. The maximum Gasteiger partial charge on any atom is 0.411 e. The van der Waals surface area contributed by atoms with E-state index in [0.717, 1.165) is 5.56 Å². The van der Waals surface area contributed by atoms with Crippen molar-refractivity contribution in [3.05, 3.63) is 28.8 Å². The molecule has 1 aromatic carbocycles. The largest absolute Gasteiger partial charge is 0.496 e. The topological polar surface area (TPSA) is 18.5 Å². The maximum atomic E-state index is 11.9. The van der Waals surface area contributed by atoms with Crippen molar-refractivity contribution in [2.24, 2.45) is 0 Å². The number of hydrogen-bond donors (Lipinski definition) is 0. The van der Waals surface area contributed by atoms with Crippen molar-refractivity contribution in [1.82, 2.24) is 0 Å². The van der Waals surface area contributed by atoms with Gasteiger partial charge >= 0.3 is 6.18 Å². The van der Waals surface area contributed by atoms with Crippen LogP contribution >= 0.6 is 27.5 Å². The van der Waals surface area contributed by atoms with E-state index in [1.807, 2.05) is 0 Å². The molecule has 0 amide bonds. The van der Waals surface area contributed by atoms with Crippen LogP contribution in [0.4, 0.5) is 13.2 Å². The summed E-state index contributed by atoms with van der Waals surface area (Å²) in [6, 6.07) is 5.11. The van der Waals surface area contributed by atoms with Crippen LogP contribution < -0.4 is 4.74 Å². The molecular formula is C12H13BrClF3O2. The highest BCUT2D eigenvalue weighted by atomic mass is 79.9. The van der Waals surface area contributed by atoms with Crippen LogP contribution in [0.2, 0.25) is 5.02 Å². The number of hydrogen-bond acceptors (Lipinski definition) is 2. The number of halogens is 5. The average molecular weight is 362 g/mol. The van der Waals surface area contributed by atoms with Gasteiger partial charge in [-0.05, 0) is 24.6 Å². The van der Waals surface area contributed by atoms with Gasteiger partial charge in [0.25, 0.3) is 0 Å². The van der Waals surface area contributed by atoms with Crippen LogP contribution in [0.3, 0.4) is 0 Å². The summed E-state index contributed by atoms with van der Waals surface area (Å²) >= 11 is 9.28. The minimum Gasteiger partial charge on any atom is -0.496 e. The number of benzene rings is 1. The summed E-state index contributed by atoms with van der Waals surface area (Å²) in [5, 5.41) is 0.538. The normalized spacial score (nSPS) is 13.4. The molecular weight excluding hydrogens is 348 g/mol. The highest BCUT2D eigenvalue weighted by Gasteiger charge is 2.27. The van der Waals surface area contributed by atoms with Gasteiger partial charge in [0.2, 0.25) is 0 Å². The van der Waals surface area contributed by atoms with Crippen molar-refractivity contribution < 1.29 is 22.6 Å². The van der Waals surface area contributed by atoms with Crippen molar-refractivity contribution in [1.29, 1.82) is 0 Å². The molecule has 0 saturated carbocycles. The molecule has 0 fully saturated rings. The van der Waals surface area contributed by atoms with E-state index in [4.69, 9.17) is 16.3 Å². The average Bonchev–Trinajstić information content (AvgIpc) is 2.33. The molecule has 0 aliphatic rings. The second-order valence-corrected chi connectivity index (χ2v) is 5.35. The molecule has 1 rings (SSSR count). The number of alkyl halides is 4. The minimum absolute atomic E-state index is 0.00884. The van der Waals surface area contributed by atoms with E-state index in [-0.39, 0.29) is 11.4 Å². The molecule has 0 saturated heterocycles. The van der Waals surface area contributed by atoms with Gasteiger partial charge in [0, 0.05) is 22.0 Å². The molecule has 0 radical (unpaired) electrons. The minimum atomic E-state index is -4.30. The molecule has 7 heteroatoms. The monoisotopic (exact) mass is 360 g/mol. The Morgan fingerprint density at radius 3 is 2.63 bits per heavy atom. The third kappa shape index (κ3) is 6.01. The smallest absolute Gasteiger partial charge is 0.411 e. The van der Waals surface area contributed by atoms with Crippen LogP contribution in [0.15, 0.2) is 18.2 Å². The quantitative estimate of drug-likeness (QED) is 0.537. The molecule has 0 heterocycles. The van der Waals surface area contributed by atoms with Crippen molar-refractivity contribution >= 4 is 27.5 Å². The van der Waals surface area contributed by atoms with Gasteiger partial charge in [-0.1, -0.05) is 27.5 Å². The fraction of sp³-hybridized carbons (Fsp3) is 0.500. The molecule has 0 aromatic heterocycles. The second-order valence-electron chi connectivity index (χ2n) is 3.81. The molecule has 0 spiro atoms. The van der Waals surface area contributed by atoms with Gasteiger partial charge in [-0.25, -0.2) is 0 Å². The third-order valence-corrected chi connectivity index (χ3v) is 3.50. The summed E-state index contributed by atoms with van der Waals surface area (Å²) in [6.45, 7) is -1.25. The summed E-state index contributed by atoms with van der Waals surface area (Å²) < 4.78 is 45.4. The van der Waals surface area contributed by atoms with Crippen molar-refractivity contribution in [3.63, 3.8) is 0 Å². The molecule has 0 aliphatic carbocycles. The van der Waals surface area contributed by atoms with Gasteiger partial charge in [0.05, 0.1) is 7.11 Å². The first-order chi connectivity index (χ1) is 8.83. The predicted octanol–water partition coefficient (Wildman–Crippen LogP) is 4.75. The molecule has 1 unspecified atom stereocenters. The predicted molar refractivity (Wildman–Crippen MR) is 71.2 cm³/mol. The van der Waals surface area contributed by atoms with Gasteiger partial charge in [0.15, 0.2) is 0 Å². The van der Waals surface area contributed by atoms with Crippen LogP contribution in [-0.4, -0.2) is 26.5 Å². The first-order valence-corrected chi connectivity index (χ1v) is 6.75. The highest BCUT2D eigenvalue weighted by Crippen LogP contribution is 2.35. The molecule has 0 bridgehead atoms. The first kappa shape index (κ1) is 16.6. The molecule has 2 nitrogen and oxygen atoms in total. The summed E-state index contributed by atoms with van der Waals surface area (Å²) in [7, 11) is 1.52. The lowest BCUT2D eigenvalue weighted by atomic mass is 10.1. The van der Waals surface area contributed by atoms with E-state index in [1.165, 1.54) is 7.11 Å². The Morgan fingerprint density at radius 2 is 2.05 bits per heavy atom. The van der Waals surface area contributed by atoms with Crippen molar-refractivity contribution in [2.75, 3.05) is 20.3 Å². The Balaban J connectivity index is 2.53. The lowest BCUT2D eigenvalue weighted by molar-refractivity contribution is -0.174. The Labute approximate surface area is 123 Å². The summed E-state index contributed by atoms with van der Waals surface area (Å²) in [4.78, 5) is -0.186. The SMILES string of the molecule is COc1ccc(Cl)cc1C(Br)CCOCC(F)(F)F. The van der Waals surface area contributed by atoms with Gasteiger partial charge in [-0.2, -0.15) is 13.2 Å². The highest BCUT2D eigenvalue weighted by molar-refractivity contribution is 9.09. The van der Waals surface area contributed by atoms with E-state index in [2.05, 4.69) is 20.7 Å². The Bertz CT molecular complexity index is 412. The first-order valence-electron chi connectivity index (χ1n) is 5.45. The summed E-state index contributed by atoms with van der Waals surface area (Å²) in [5.74, 6) is 0.627. The number of rotatable bonds is 6. The van der Waals surface area contributed by atoms with Gasteiger partial charge in [-0.15, -0.1) is 0 Å². The van der Waals surface area contributed by atoms with Crippen molar-refractivity contribution in [2.45, 2.75) is 17.4 Å². The molecule has 0 N–H and O–H groups in total. The standard InChI is InChI=1S/C12H13BrClF3O2/c1-18-11-3-2-8(14)6-9(11)10(13)4-5-19-7-12(15,16)17/h2-3,6,10H,4-5,7H2,1H3. The van der Waals surface area contributed by atoms with E-state index < -0.39 is 12.8 Å². The van der Waals surface area contributed by atoms with Crippen LogP contribution in [0.5, 0.6) is 5.75 Å². The molecule has 19 heavy (non-hydrogen) atoms. The zero-order valence-electron chi connectivity index (χ0n) is 10.1. The Morgan fingerprint density at radius 1 is 1.37 bits per heavy atom. The van der Waals surface area contributed by atoms with E-state index in [0.29, 0.717) is 17.2 Å². The fourth-order valence-corrected chi connectivity index (χ4v) is 2.21.